The van der Waals surface area contributed by atoms with Crippen LogP contribution in [0.25, 0.3) is 0 Å². The van der Waals surface area contributed by atoms with E-state index in [1.54, 1.807) is 0 Å². The SMILES string of the molecule is COC(=O)[C@@]1(C(C)C)C=C[C@@H](n2c(C)ccc2C)C1.Cc1ccc(C)n1[C@@H]1C=C[C@@](C(=O)O)(C(C)C)C1. The first-order valence-corrected chi connectivity index (χ1v) is 13.3. The van der Waals surface area contributed by atoms with Gasteiger partial charge in [0, 0.05) is 22.8 Å². The van der Waals surface area contributed by atoms with Gasteiger partial charge in [-0.3, -0.25) is 9.59 Å². The van der Waals surface area contributed by atoms with Crippen LogP contribution in [0, 0.1) is 50.4 Å². The van der Waals surface area contributed by atoms with Crippen molar-refractivity contribution >= 4 is 11.9 Å². The van der Waals surface area contributed by atoms with Gasteiger partial charge in [0.05, 0.1) is 30.0 Å². The molecule has 2 aromatic rings. The zero-order valence-corrected chi connectivity index (χ0v) is 23.9. The van der Waals surface area contributed by atoms with E-state index in [9.17, 15) is 14.7 Å². The van der Waals surface area contributed by atoms with E-state index in [4.69, 9.17) is 4.74 Å². The van der Waals surface area contributed by atoms with Crippen LogP contribution in [0.1, 0.15) is 75.4 Å². The first-order chi connectivity index (χ1) is 17.3. The average molecular weight is 509 g/mol. The standard InChI is InChI=1S/C16H23NO2.C15H21NO2/c1-11(2)16(15(18)19-5)9-8-14(10-16)17-12(3)6-7-13(17)4;1-10(2)15(14(17)18)8-7-13(9-15)16-11(3)5-6-12(16)4/h6-9,11,14H,10H2,1-5H3;5-8,10,13H,9H2,1-4H3,(H,17,18)/t14-,16+;13-,15+/m11/s1. The number of hydrogen-bond acceptors (Lipinski definition) is 3. The lowest BCUT2D eigenvalue weighted by Crippen LogP contribution is -2.35. The Labute approximate surface area is 222 Å². The number of carbonyl (C=O) groups excluding carboxylic acids is 1. The maximum atomic E-state index is 12.2. The molecule has 1 N–H and O–H groups in total. The van der Waals surface area contributed by atoms with Crippen LogP contribution in [0.2, 0.25) is 0 Å². The van der Waals surface area contributed by atoms with Gasteiger partial charge in [0.1, 0.15) is 0 Å². The molecule has 4 atom stereocenters. The minimum absolute atomic E-state index is 0.104. The number of aromatic nitrogens is 2. The van der Waals surface area contributed by atoms with Gasteiger partial charge in [0.15, 0.2) is 0 Å². The highest BCUT2D eigenvalue weighted by atomic mass is 16.5. The number of hydrogen-bond donors (Lipinski definition) is 1. The summed E-state index contributed by atoms with van der Waals surface area (Å²) in [6, 6.07) is 8.82. The lowest BCUT2D eigenvalue weighted by molar-refractivity contribution is -0.152. The number of aryl methyl sites for hydroxylation is 4. The summed E-state index contributed by atoms with van der Waals surface area (Å²) in [7, 11) is 1.47. The summed E-state index contributed by atoms with van der Waals surface area (Å²) in [6.07, 6.45) is 9.58. The molecule has 0 fully saturated rings. The van der Waals surface area contributed by atoms with Gasteiger partial charge in [0.25, 0.3) is 0 Å². The van der Waals surface area contributed by atoms with Gasteiger partial charge in [-0.15, -0.1) is 0 Å². The monoisotopic (exact) mass is 508 g/mol. The van der Waals surface area contributed by atoms with Crippen molar-refractivity contribution in [1.82, 2.24) is 9.13 Å². The van der Waals surface area contributed by atoms with Crippen LogP contribution in [0.3, 0.4) is 0 Å². The third-order valence-electron chi connectivity index (χ3n) is 8.66. The molecule has 0 saturated heterocycles. The number of ether oxygens (including phenoxy) is 1. The minimum Gasteiger partial charge on any atom is -0.481 e. The molecule has 0 amide bonds. The van der Waals surface area contributed by atoms with Gasteiger partial charge in [-0.2, -0.15) is 0 Å². The lowest BCUT2D eigenvalue weighted by Gasteiger charge is -2.30. The zero-order chi connectivity index (χ0) is 27.7. The molecule has 6 nitrogen and oxygen atoms in total. The van der Waals surface area contributed by atoms with E-state index >= 15 is 0 Å². The number of carboxylic acids is 1. The summed E-state index contributed by atoms with van der Waals surface area (Å²) in [5.74, 6) is -0.493. The van der Waals surface area contributed by atoms with Crippen molar-refractivity contribution in [2.24, 2.45) is 22.7 Å². The van der Waals surface area contributed by atoms with Crippen molar-refractivity contribution in [2.75, 3.05) is 7.11 Å². The Morgan fingerprint density at radius 2 is 1.14 bits per heavy atom. The fourth-order valence-corrected chi connectivity index (χ4v) is 6.13. The van der Waals surface area contributed by atoms with Gasteiger partial charge in [0.2, 0.25) is 0 Å². The van der Waals surface area contributed by atoms with E-state index < -0.39 is 16.8 Å². The third kappa shape index (κ3) is 5.07. The Bertz CT molecular complexity index is 1160. The Hall–Kier alpha value is -3.02. The summed E-state index contributed by atoms with van der Waals surface area (Å²) in [5.41, 5.74) is 3.64. The van der Waals surface area contributed by atoms with Crippen LogP contribution in [0.5, 0.6) is 0 Å². The molecule has 2 heterocycles. The Kier molecular flexibility index (Phi) is 8.31. The second kappa shape index (κ2) is 10.8. The predicted molar refractivity (Wildman–Crippen MR) is 148 cm³/mol. The highest BCUT2D eigenvalue weighted by Crippen LogP contribution is 2.46. The van der Waals surface area contributed by atoms with E-state index in [0.29, 0.717) is 6.42 Å². The van der Waals surface area contributed by atoms with Crippen molar-refractivity contribution in [3.05, 3.63) is 71.3 Å². The number of methoxy groups -OCH3 is 1. The zero-order valence-electron chi connectivity index (χ0n) is 23.9. The Morgan fingerprint density at radius 3 is 1.43 bits per heavy atom. The Morgan fingerprint density at radius 1 is 0.784 bits per heavy atom. The molecule has 0 spiro atoms. The molecule has 0 bridgehead atoms. The lowest BCUT2D eigenvalue weighted by atomic mass is 9.76. The van der Waals surface area contributed by atoms with Crippen molar-refractivity contribution in [2.45, 2.75) is 80.3 Å². The van der Waals surface area contributed by atoms with Gasteiger partial charge >= 0.3 is 11.9 Å². The van der Waals surface area contributed by atoms with Gasteiger partial charge in [-0.1, -0.05) is 52.0 Å². The summed E-state index contributed by atoms with van der Waals surface area (Å²) in [5, 5.41) is 9.53. The number of carbonyl (C=O) groups is 2. The van der Waals surface area contributed by atoms with E-state index in [-0.39, 0.29) is 29.9 Å². The highest BCUT2D eigenvalue weighted by Gasteiger charge is 2.46. The number of carboxylic acid groups (broad SMARTS) is 1. The summed E-state index contributed by atoms with van der Waals surface area (Å²) >= 11 is 0. The van der Waals surface area contributed by atoms with E-state index in [0.717, 1.165) is 6.42 Å². The van der Waals surface area contributed by atoms with Gasteiger partial charge in [-0.05, 0) is 76.6 Å². The quantitative estimate of drug-likeness (QED) is 0.346. The molecular formula is C31H44N2O4. The maximum Gasteiger partial charge on any atom is 0.316 e. The maximum absolute atomic E-state index is 12.2. The van der Waals surface area contributed by atoms with Crippen LogP contribution < -0.4 is 0 Å². The molecule has 0 aromatic carbocycles. The number of allylic oxidation sites excluding steroid dienone is 2. The molecule has 0 unspecified atom stereocenters. The van der Waals surface area contributed by atoms with Crippen LogP contribution >= 0.6 is 0 Å². The molecule has 2 aliphatic rings. The average Bonchev–Trinajstić information content (AvgIpc) is 3.60. The predicted octanol–water partition coefficient (Wildman–Crippen LogP) is 6.75. The second-order valence-corrected chi connectivity index (χ2v) is 11.4. The molecular weight excluding hydrogens is 464 g/mol. The molecule has 202 valence electrons. The van der Waals surface area contributed by atoms with Crippen LogP contribution in [0.15, 0.2) is 48.6 Å². The van der Waals surface area contributed by atoms with Crippen LogP contribution in [0.4, 0.5) is 0 Å². The molecule has 0 saturated carbocycles. The van der Waals surface area contributed by atoms with Crippen molar-refractivity contribution in [1.29, 1.82) is 0 Å². The van der Waals surface area contributed by atoms with Crippen molar-refractivity contribution in [3.8, 4) is 0 Å². The highest BCUT2D eigenvalue weighted by molar-refractivity contribution is 5.80. The molecule has 2 aliphatic carbocycles. The van der Waals surface area contributed by atoms with Crippen molar-refractivity contribution in [3.63, 3.8) is 0 Å². The molecule has 0 aliphatic heterocycles. The first-order valence-electron chi connectivity index (χ1n) is 13.3. The topological polar surface area (TPSA) is 73.5 Å². The summed E-state index contributed by atoms with van der Waals surface area (Å²) < 4.78 is 9.55. The Balaban J connectivity index is 0.000000206. The summed E-state index contributed by atoms with van der Waals surface area (Å²) in [6.45, 7) is 16.5. The molecule has 2 aromatic heterocycles. The van der Waals surface area contributed by atoms with Crippen molar-refractivity contribution < 1.29 is 19.4 Å². The van der Waals surface area contributed by atoms with Gasteiger partial charge < -0.3 is 19.0 Å². The molecule has 0 radical (unpaired) electrons. The normalized spacial score (nSPS) is 26.6. The number of aliphatic carboxylic acids is 1. The van der Waals surface area contributed by atoms with Gasteiger partial charge in [-0.25, -0.2) is 0 Å². The number of nitrogens with zero attached hydrogens (tertiary/aromatic N) is 2. The van der Waals surface area contributed by atoms with Crippen LogP contribution in [-0.4, -0.2) is 33.3 Å². The van der Waals surface area contributed by atoms with Crippen LogP contribution in [-0.2, 0) is 14.3 Å². The van der Waals surface area contributed by atoms with E-state index in [2.05, 4.69) is 81.0 Å². The van der Waals surface area contributed by atoms with E-state index in [1.807, 2.05) is 32.1 Å². The fraction of sp³-hybridized carbons (Fsp3) is 0.548. The smallest absolute Gasteiger partial charge is 0.316 e. The number of rotatable bonds is 6. The number of esters is 1. The minimum atomic E-state index is -0.714. The second-order valence-electron chi connectivity index (χ2n) is 11.4. The molecule has 6 heteroatoms. The fourth-order valence-electron chi connectivity index (χ4n) is 6.13. The molecule has 37 heavy (non-hydrogen) atoms. The largest absolute Gasteiger partial charge is 0.481 e. The first kappa shape index (κ1) is 28.5. The molecule has 4 rings (SSSR count). The summed E-state index contributed by atoms with van der Waals surface area (Å²) in [4.78, 5) is 23.8. The van der Waals surface area contributed by atoms with E-state index in [1.165, 1.54) is 29.9 Å². The third-order valence-corrected chi connectivity index (χ3v) is 8.66.